The smallest absolute Gasteiger partial charge is 0.266 e. The number of benzene rings is 3. The van der Waals surface area contributed by atoms with Crippen molar-refractivity contribution in [3.05, 3.63) is 93.5 Å². The van der Waals surface area contributed by atoms with E-state index in [1.165, 1.54) is 0 Å². The number of fused-ring (bicyclic) bond motifs is 1. The van der Waals surface area contributed by atoms with E-state index >= 15 is 0 Å². The van der Waals surface area contributed by atoms with Gasteiger partial charge in [-0.2, -0.15) is 0 Å². The molecule has 1 unspecified atom stereocenters. The molecule has 2 fully saturated rings. The molecule has 0 N–H and O–H groups in total. The van der Waals surface area contributed by atoms with E-state index in [0.717, 1.165) is 64.2 Å². The van der Waals surface area contributed by atoms with Gasteiger partial charge in [0.05, 0.1) is 42.5 Å². The third kappa shape index (κ3) is 8.40. The average Bonchev–Trinajstić information content (AvgIpc) is 3.31. The van der Waals surface area contributed by atoms with E-state index in [1.807, 2.05) is 50.2 Å². The van der Waals surface area contributed by atoms with Crippen molar-refractivity contribution in [2.75, 3.05) is 46.0 Å². The number of rotatable bonds is 11. The molecule has 4 aromatic rings. The van der Waals surface area contributed by atoms with E-state index in [-0.39, 0.29) is 30.0 Å². The molecule has 2 aliphatic heterocycles. The maximum Gasteiger partial charge on any atom is 0.266 e. The molecule has 6 rings (SSSR count). The summed E-state index contributed by atoms with van der Waals surface area (Å²) < 4.78 is 19.2. The van der Waals surface area contributed by atoms with Crippen LogP contribution in [0.5, 0.6) is 11.5 Å². The van der Waals surface area contributed by atoms with Crippen molar-refractivity contribution >= 4 is 28.3 Å². The lowest BCUT2D eigenvalue weighted by Crippen LogP contribution is -2.35. The number of morpholine rings is 1. The fourth-order valence-electron chi connectivity index (χ4n) is 6.38. The number of ether oxygens (including phenoxy) is 3. The van der Waals surface area contributed by atoms with Crippen LogP contribution in [0, 0.1) is 5.92 Å². The molecule has 0 spiro atoms. The minimum atomic E-state index is -0.115. The SMILES string of the molecule is CC(C)Oc1ccccc1-n1c(CN2CCCC(C(=O)COc3ccc(Cl)cc3)CC2)nc2ccc(CN3CCOCC3)cc2c1=O. The number of para-hydroxylation sites is 2. The predicted octanol–water partition coefficient (Wildman–Crippen LogP) is 5.91. The zero-order chi connectivity index (χ0) is 32.8. The molecule has 47 heavy (non-hydrogen) atoms. The van der Waals surface area contributed by atoms with E-state index in [2.05, 4.69) is 15.9 Å². The second kappa shape index (κ2) is 15.4. The number of Topliss-reactive ketones (excluding diaryl/α,β-unsaturated/α-hetero) is 1. The summed E-state index contributed by atoms with van der Waals surface area (Å²) in [5.74, 6) is 1.95. The molecule has 1 aromatic heterocycles. The Morgan fingerprint density at radius 1 is 0.957 bits per heavy atom. The molecular formula is C37H43ClN4O5. The fourth-order valence-corrected chi connectivity index (χ4v) is 6.51. The molecule has 9 nitrogen and oxygen atoms in total. The molecule has 3 heterocycles. The Morgan fingerprint density at radius 3 is 2.51 bits per heavy atom. The van der Waals surface area contributed by atoms with Crippen LogP contribution in [0.25, 0.3) is 16.6 Å². The highest BCUT2D eigenvalue weighted by Crippen LogP contribution is 2.27. The lowest BCUT2D eigenvalue weighted by Gasteiger charge is -2.26. The Morgan fingerprint density at radius 2 is 1.72 bits per heavy atom. The van der Waals surface area contributed by atoms with Gasteiger partial charge in [0.25, 0.3) is 5.56 Å². The Kier molecular flexibility index (Phi) is 10.9. The Balaban J connectivity index is 1.25. The van der Waals surface area contributed by atoms with Gasteiger partial charge in [-0.1, -0.05) is 29.8 Å². The van der Waals surface area contributed by atoms with Gasteiger partial charge in [0.1, 0.15) is 23.9 Å². The zero-order valence-electron chi connectivity index (χ0n) is 27.2. The highest BCUT2D eigenvalue weighted by molar-refractivity contribution is 6.30. The lowest BCUT2D eigenvalue weighted by atomic mass is 9.96. The van der Waals surface area contributed by atoms with Crippen molar-refractivity contribution in [1.82, 2.24) is 19.4 Å². The monoisotopic (exact) mass is 658 g/mol. The number of halogens is 1. The van der Waals surface area contributed by atoms with Gasteiger partial charge in [-0.05, 0) is 100 Å². The van der Waals surface area contributed by atoms with E-state index in [4.69, 9.17) is 30.8 Å². The van der Waals surface area contributed by atoms with Crippen molar-refractivity contribution in [1.29, 1.82) is 0 Å². The van der Waals surface area contributed by atoms with Crippen LogP contribution in [0.15, 0.2) is 71.5 Å². The van der Waals surface area contributed by atoms with Gasteiger partial charge in [0.15, 0.2) is 5.78 Å². The third-order valence-corrected chi connectivity index (χ3v) is 9.07. The van der Waals surface area contributed by atoms with Crippen LogP contribution in [0.1, 0.15) is 44.5 Å². The molecule has 10 heteroatoms. The summed E-state index contributed by atoms with van der Waals surface area (Å²) in [7, 11) is 0. The summed E-state index contributed by atoms with van der Waals surface area (Å²) in [4.78, 5) is 37.3. The van der Waals surface area contributed by atoms with Crippen LogP contribution in [-0.2, 0) is 22.6 Å². The van der Waals surface area contributed by atoms with E-state index < -0.39 is 0 Å². The summed E-state index contributed by atoms with van der Waals surface area (Å²) in [6, 6.07) is 20.7. The molecule has 1 atom stereocenters. The molecule has 0 saturated carbocycles. The van der Waals surface area contributed by atoms with Gasteiger partial charge in [0, 0.05) is 30.6 Å². The molecule has 0 aliphatic carbocycles. The van der Waals surface area contributed by atoms with Crippen molar-refractivity contribution < 1.29 is 19.0 Å². The van der Waals surface area contributed by atoms with Crippen molar-refractivity contribution in [2.45, 2.75) is 52.3 Å². The highest BCUT2D eigenvalue weighted by Gasteiger charge is 2.25. The number of nitrogens with zero attached hydrogens (tertiary/aromatic N) is 4. The van der Waals surface area contributed by atoms with E-state index in [0.29, 0.717) is 52.0 Å². The summed E-state index contributed by atoms with van der Waals surface area (Å²) in [5.41, 5.74) is 2.32. The van der Waals surface area contributed by atoms with Gasteiger partial charge in [-0.3, -0.25) is 24.0 Å². The lowest BCUT2D eigenvalue weighted by molar-refractivity contribution is -0.125. The number of hydrogen-bond acceptors (Lipinski definition) is 8. The van der Waals surface area contributed by atoms with Crippen LogP contribution in [-0.4, -0.2) is 77.2 Å². The number of aromatic nitrogens is 2. The highest BCUT2D eigenvalue weighted by atomic mass is 35.5. The topological polar surface area (TPSA) is 86.1 Å². The summed E-state index contributed by atoms with van der Waals surface area (Å²) >= 11 is 5.97. The molecule has 2 aliphatic rings. The van der Waals surface area contributed by atoms with Crippen LogP contribution in [0.4, 0.5) is 0 Å². The number of likely N-dealkylation sites (tertiary alicyclic amines) is 1. The molecule has 248 valence electrons. The molecule has 0 bridgehead atoms. The first-order valence-corrected chi connectivity index (χ1v) is 17.0. The van der Waals surface area contributed by atoms with Crippen LogP contribution in [0.3, 0.4) is 0 Å². The molecule has 3 aromatic carbocycles. The normalized spacial score (nSPS) is 17.9. The van der Waals surface area contributed by atoms with Crippen molar-refractivity contribution in [2.24, 2.45) is 5.92 Å². The number of carbonyl (C=O) groups is 1. The number of carbonyl (C=O) groups excluding carboxylic acids is 1. The fraction of sp³-hybridized carbons (Fsp3) is 0.432. The van der Waals surface area contributed by atoms with Crippen LogP contribution in [0.2, 0.25) is 5.02 Å². The van der Waals surface area contributed by atoms with Gasteiger partial charge in [0.2, 0.25) is 0 Å². The van der Waals surface area contributed by atoms with E-state index in [9.17, 15) is 9.59 Å². The minimum Gasteiger partial charge on any atom is -0.489 e. The summed E-state index contributed by atoms with van der Waals surface area (Å²) in [6.45, 7) is 9.93. The maximum atomic E-state index is 14.4. The molecule has 0 radical (unpaired) electrons. The van der Waals surface area contributed by atoms with E-state index in [1.54, 1.807) is 28.8 Å². The van der Waals surface area contributed by atoms with Gasteiger partial charge in [-0.25, -0.2) is 4.98 Å². The zero-order valence-corrected chi connectivity index (χ0v) is 28.0. The average molecular weight is 659 g/mol. The largest absolute Gasteiger partial charge is 0.489 e. The van der Waals surface area contributed by atoms with Crippen molar-refractivity contribution in [3.8, 4) is 17.2 Å². The summed E-state index contributed by atoms with van der Waals surface area (Å²) in [6.07, 6.45) is 2.33. The second-order valence-electron chi connectivity index (χ2n) is 12.7. The Hall–Kier alpha value is -3.76. The van der Waals surface area contributed by atoms with Crippen LogP contribution < -0.4 is 15.0 Å². The minimum absolute atomic E-state index is 0.0399. The third-order valence-electron chi connectivity index (χ3n) is 8.82. The van der Waals surface area contributed by atoms with Crippen LogP contribution >= 0.6 is 11.6 Å². The molecule has 2 saturated heterocycles. The number of ketones is 1. The van der Waals surface area contributed by atoms with Gasteiger partial charge >= 0.3 is 0 Å². The first-order chi connectivity index (χ1) is 22.8. The summed E-state index contributed by atoms with van der Waals surface area (Å²) in [5, 5.41) is 1.21. The second-order valence-corrected chi connectivity index (χ2v) is 13.1. The molecular weight excluding hydrogens is 616 g/mol. The van der Waals surface area contributed by atoms with Gasteiger partial charge in [-0.15, -0.1) is 0 Å². The maximum absolute atomic E-state index is 14.4. The first kappa shape index (κ1) is 33.2. The van der Waals surface area contributed by atoms with Crippen molar-refractivity contribution in [3.63, 3.8) is 0 Å². The first-order valence-electron chi connectivity index (χ1n) is 16.6. The molecule has 0 amide bonds. The van der Waals surface area contributed by atoms with Gasteiger partial charge < -0.3 is 14.2 Å². The standard InChI is InChI=1S/C37H43ClN4O5/c1-26(2)47-35-8-4-3-7-33(35)42-36(39-32-14-9-27(22-31(32)37(42)44)23-41-18-20-45-21-19-41)24-40-16-5-6-28(15-17-40)34(43)25-46-30-12-10-29(38)11-13-30/h3-4,7-14,22,26,28H,5-6,15-21,23-25H2,1-2H3. The Labute approximate surface area is 281 Å². The predicted molar refractivity (Wildman–Crippen MR) is 184 cm³/mol. The Bertz CT molecular complexity index is 1740. The number of hydrogen-bond donors (Lipinski definition) is 0. The quantitative estimate of drug-likeness (QED) is 0.197.